The summed E-state index contributed by atoms with van der Waals surface area (Å²) < 4.78 is 0.536. The first-order chi connectivity index (χ1) is 16.2. The average molecular weight is 496 g/mol. The molecule has 0 radical (unpaired) electrons. The highest BCUT2D eigenvalue weighted by molar-refractivity contribution is 8.00. The number of fused-ring (bicyclic) bond motifs is 2. The first-order valence-electron chi connectivity index (χ1n) is 9.59. The highest BCUT2D eigenvalue weighted by atomic mass is 32.2. The Bertz CT molecular complexity index is 1520. The van der Waals surface area contributed by atoms with Gasteiger partial charge in [-0.05, 0) is 24.3 Å². The van der Waals surface area contributed by atoms with Crippen molar-refractivity contribution in [2.24, 2.45) is 0 Å². The van der Waals surface area contributed by atoms with Crippen molar-refractivity contribution in [2.75, 3.05) is 5.32 Å². The molecule has 170 valence electrons. The molecule has 5 rings (SSSR count). The second-order valence-corrected chi connectivity index (χ2v) is 9.49. The standard InChI is InChI=1S/C21H12N4O7S2/c26-19-11(7-17-22-13-3-1-9(24(29)30)5-15(13)33-17)20(27)21(28)12(19)8-18-23-14-4-2-10(25(31)32)6-16(14)34-18/h1-8,17,22,27-28H. The van der Waals surface area contributed by atoms with Crippen LogP contribution in [0.25, 0.3) is 16.3 Å². The lowest BCUT2D eigenvalue weighted by atomic mass is 10.1. The van der Waals surface area contributed by atoms with E-state index in [0.717, 1.165) is 11.3 Å². The fraction of sp³-hybridized carbons (Fsp3) is 0.0476. The molecule has 1 atom stereocenters. The summed E-state index contributed by atoms with van der Waals surface area (Å²) in [7, 11) is 0. The zero-order valence-corrected chi connectivity index (χ0v) is 18.4. The van der Waals surface area contributed by atoms with E-state index in [-0.39, 0.29) is 22.5 Å². The van der Waals surface area contributed by atoms with Gasteiger partial charge in [0, 0.05) is 34.8 Å². The van der Waals surface area contributed by atoms with Crippen molar-refractivity contribution in [3.05, 3.63) is 90.4 Å². The third-order valence-electron chi connectivity index (χ3n) is 5.14. The molecule has 1 unspecified atom stereocenters. The van der Waals surface area contributed by atoms with Crippen LogP contribution in [0, 0.1) is 20.2 Å². The number of non-ortho nitro benzene ring substituents is 2. The molecule has 1 aliphatic carbocycles. The van der Waals surface area contributed by atoms with E-state index in [0.29, 0.717) is 25.8 Å². The van der Waals surface area contributed by atoms with Gasteiger partial charge >= 0.3 is 0 Å². The Hall–Kier alpha value is -4.23. The van der Waals surface area contributed by atoms with Gasteiger partial charge in [0.1, 0.15) is 5.01 Å². The molecule has 1 aliphatic heterocycles. The summed E-state index contributed by atoms with van der Waals surface area (Å²) in [5.74, 6) is -1.81. The number of aliphatic hydroxyl groups excluding tert-OH is 2. The minimum Gasteiger partial charge on any atom is -0.504 e. The number of thioether (sulfide) groups is 1. The number of rotatable bonds is 4. The number of aromatic nitrogens is 1. The summed E-state index contributed by atoms with van der Waals surface area (Å²) in [6.45, 7) is 0. The van der Waals surface area contributed by atoms with Crippen molar-refractivity contribution >= 4 is 62.2 Å². The maximum Gasteiger partial charge on any atom is 0.270 e. The average Bonchev–Trinajstić information content (AvgIpc) is 3.45. The van der Waals surface area contributed by atoms with Crippen molar-refractivity contribution in [1.29, 1.82) is 0 Å². The minimum absolute atomic E-state index is 0.0648. The lowest BCUT2D eigenvalue weighted by Gasteiger charge is -2.06. The quantitative estimate of drug-likeness (QED) is 0.257. The van der Waals surface area contributed by atoms with Gasteiger partial charge in [-0.15, -0.1) is 11.3 Å². The van der Waals surface area contributed by atoms with E-state index >= 15 is 0 Å². The lowest BCUT2D eigenvalue weighted by molar-refractivity contribution is -0.385. The first-order valence-corrected chi connectivity index (χ1v) is 11.3. The molecule has 0 saturated heterocycles. The van der Waals surface area contributed by atoms with Crippen LogP contribution in [0.4, 0.5) is 17.1 Å². The molecular formula is C21H12N4O7S2. The van der Waals surface area contributed by atoms with Gasteiger partial charge < -0.3 is 15.5 Å². The van der Waals surface area contributed by atoms with Gasteiger partial charge in [-0.1, -0.05) is 11.8 Å². The molecule has 2 aliphatic rings. The monoisotopic (exact) mass is 496 g/mol. The van der Waals surface area contributed by atoms with E-state index < -0.39 is 32.5 Å². The Morgan fingerprint density at radius 1 is 1.00 bits per heavy atom. The Morgan fingerprint density at radius 3 is 2.41 bits per heavy atom. The van der Waals surface area contributed by atoms with Gasteiger partial charge in [-0.25, -0.2) is 4.98 Å². The Balaban J connectivity index is 1.43. The van der Waals surface area contributed by atoms with Crippen LogP contribution in [0.15, 0.2) is 70.0 Å². The molecule has 11 nitrogen and oxygen atoms in total. The van der Waals surface area contributed by atoms with Crippen LogP contribution >= 0.6 is 23.1 Å². The largest absolute Gasteiger partial charge is 0.504 e. The van der Waals surface area contributed by atoms with Gasteiger partial charge in [-0.3, -0.25) is 25.0 Å². The molecule has 13 heteroatoms. The lowest BCUT2D eigenvalue weighted by Crippen LogP contribution is -2.10. The number of carbonyl (C=O) groups excluding carboxylic acids is 1. The van der Waals surface area contributed by atoms with Gasteiger partial charge in [0.2, 0.25) is 5.78 Å². The summed E-state index contributed by atoms with van der Waals surface area (Å²) in [4.78, 5) is 38.8. The van der Waals surface area contributed by atoms with E-state index in [1.165, 1.54) is 54.2 Å². The molecule has 0 spiro atoms. The van der Waals surface area contributed by atoms with Gasteiger partial charge in [0.25, 0.3) is 11.4 Å². The van der Waals surface area contributed by atoms with E-state index in [4.69, 9.17) is 0 Å². The molecule has 1 aromatic heterocycles. The van der Waals surface area contributed by atoms with Crippen LogP contribution in [0.1, 0.15) is 5.01 Å². The predicted molar refractivity (Wildman–Crippen MR) is 126 cm³/mol. The van der Waals surface area contributed by atoms with Gasteiger partial charge in [-0.2, -0.15) is 0 Å². The van der Waals surface area contributed by atoms with Gasteiger partial charge in [0.05, 0.1) is 36.6 Å². The fourth-order valence-corrected chi connectivity index (χ4v) is 5.57. The second-order valence-electron chi connectivity index (χ2n) is 7.25. The summed E-state index contributed by atoms with van der Waals surface area (Å²) in [5, 5.41) is 45.6. The maximum absolute atomic E-state index is 13.0. The van der Waals surface area contributed by atoms with Crippen molar-refractivity contribution in [3.63, 3.8) is 0 Å². The van der Waals surface area contributed by atoms with Crippen LogP contribution in [0.2, 0.25) is 0 Å². The normalized spacial score (nSPS) is 19.8. The minimum atomic E-state index is -0.621. The van der Waals surface area contributed by atoms with Gasteiger partial charge in [0.15, 0.2) is 11.5 Å². The first kappa shape index (κ1) is 21.6. The smallest absolute Gasteiger partial charge is 0.270 e. The van der Waals surface area contributed by atoms with E-state index in [1.54, 1.807) is 6.07 Å². The number of nitro groups is 2. The van der Waals surface area contributed by atoms with Crippen LogP contribution in [-0.4, -0.2) is 36.2 Å². The maximum atomic E-state index is 13.0. The third kappa shape index (κ3) is 3.66. The number of nitrogens with one attached hydrogen (secondary N) is 1. The number of ketones is 1. The number of aliphatic hydroxyl groups is 2. The molecule has 0 bridgehead atoms. The number of hydrogen-bond acceptors (Lipinski definition) is 11. The Kier molecular flexibility index (Phi) is 5.06. The Labute approximate surface area is 198 Å². The summed E-state index contributed by atoms with van der Waals surface area (Å²) >= 11 is 2.33. The summed E-state index contributed by atoms with van der Waals surface area (Å²) in [6.07, 6.45) is 2.76. The van der Waals surface area contributed by atoms with Crippen molar-refractivity contribution in [2.45, 2.75) is 10.3 Å². The number of benzene rings is 2. The zero-order chi connectivity index (χ0) is 24.1. The molecular weight excluding hydrogens is 484 g/mol. The molecule has 2 heterocycles. The SMILES string of the molecule is O=C1C(=Cc2nc3ccc([N+](=O)[O-])cc3s2)C(O)=C(O)C1=CC1Nc2ccc([N+](=O)[O-])cc2S1. The molecule has 34 heavy (non-hydrogen) atoms. The Morgan fingerprint density at radius 2 is 1.68 bits per heavy atom. The highest BCUT2D eigenvalue weighted by Gasteiger charge is 2.35. The number of thiazole rings is 1. The third-order valence-corrected chi connectivity index (χ3v) is 7.20. The van der Waals surface area contributed by atoms with E-state index in [9.17, 15) is 35.2 Å². The number of allylic oxidation sites excluding steroid dienone is 2. The topological polar surface area (TPSA) is 169 Å². The second kappa shape index (κ2) is 7.97. The molecule has 3 N–H and O–H groups in total. The molecule has 0 fully saturated rings. The highest BCUT2D eigenvalue weighted by Crippen LogP contribution is 2.42. The van der Waals surface area contributed by atoms with E-state index in [1.807, 2.05) is 0 Å². The molecule has 0 saturated carbocycles. The molecule has 2 aromatic carbocycles. The predicted octanol–water partition coefficient (Wildman–Crippen LogP) is 4.88. The van der Waals surface area contributed by atoms with Crippen LogP contribution in [-0.2, 0) is 4.79 Å². The van der Waals surface area contributed by atoms with Crippen molar-refractivity contribution in [1.82, 2.24) is 4.98 Å². The zero-order valence-electron chi connectivity index (χ0n) is 16.8. The number of hydrogen-bond donors (Lipinski definition) is 3. The van der Waals surface area contributed by atoms with Crippen LogP contribution in [0.3, 0.4) is 0 Å². The molecule has 0 amide bonds. The number of nitro benzene ring substituents is 2. The number of nitrogens with zero attached hydrogens (tertiary/aromatic N) is 3. The van der Waals surface area contributed by atoms with Crippen molar-refractivity contribution in [3.8, 4) is 0 Å². The number of anilines is 1. The summed E-state index contributed by atoms with van der Waals surface area (Å²) in [6, 6.07) is 8.52. The van der Waals surface area contributed by atoms with Crippen LogP contribution in [0.5, 0.6) is 0 Å². The fourth-order valence-electron chi connectivity index (χ4n) is 3.52. The molecule has 3 aromatic rings. The number of Topliss-reactive ketones (excluding diaryl/α,β-unsaturated/α-hetero) is 1. The van der Waals surface area contributed by atoms with Crippen molar-refractivity contribution < 1.29 is 24.9 Å². The van der Waals surface area contributed by atoms with Crippen LogP contribution < -0.4 is 5.32 Å². The van der Waals surface area contributed by atoms with E-state index in [2.05, 4.69) is 10.3 Å². The summed E-state index contributed by atoms with van der Waals surface area (Å²) in [5.41, 5.74) is 0.710. The number of carbonyl (C=O) groups is 1.